The van der Waals surface area contributed by atoms with Crippen molar-refractivity contribution in [2.75, 3.05) is 43.3 Å². The van der Waals surface area contributed by atoms with Crippen molar-refractivity contribution < 1.29 is 23.8 Å². The average molecular weight is 614 g/mol. The second kappa shape index (κ2) is 13.0. The molecule has 14 heteroatoms. The van der Waals surface area contributed by atoms with Crippen LogP contribution >= 0.6 is 0 Å². The Morgan fingerprint density at radius 3 is 2.60 bits per heavy atom. The number of carbonyl (C=O) groups excluding carboxylic acids is 2. The number of esters is 1. The SMILES string of the molecule is CNc1ncc(-c2nc3ccc(N(C)C(=O)OC(C)(C)C)cn3n2)c2cc(Nc3cccc(OCCCC(=O)OC)n3)ncc12. The van der Waals surface area contributed by atoms with Crippen molar-refractivity contribution in [2.24, 2.45) is 0 Å². The summed E-state index contributed by atoms with van der Waals surface area (Å²) in [5.41, 5.74) is 1.26. The van der Waals surface area contributed by atoms with Gasteiger partial charge < -0.3 is 24.8 Å². The van der Waals surface area contributed by atoms with E-state index in [9.17, 15) is 9.59 Å². The predicted octanol–water partition coefficient (Wildman–Crippen LogP) is 5.22. The summed E-state index contributed by atoms with van der Waals surface area (Å²) in [5, 5.41) is 12.6. The summed E-state index contributed by atoms with van der Waals surface area (Å²) in [4.78, 5) is 43.7. The minimum Gasteiger partial charge on any atom is -0.478 e. The third-order valence-corrected chi connectivity index (χ3v) is 6.60. The van der Waals surface area contributed by atoms with Crippen molar-refractivity contribution in [3.63, 3.8) is 0 Å². The minimum atomic E-state index is -0.620. The van der Waals surface area contributed by atoms with Gasteiger partial charge in [-0.05, 0) is 51.5 Å². The molecule has 0 unspecified atom stereocenters. The summed E-state index contributed by atoms with van der Waals surface area (Å²) in [6.07, 6.45) is 5.46. The number of anilines is 4. The third kappa shape index (κ3) is 7.34. The van der Waals surface area contributed by atoms with E-state index in [0.29, 0.717) is 59.1 Å². The molecule has 0 aliphatic heterocycles. The summed E-state index contributed by atoms with van der Waals surface area (Å²) in [5.74, 6) is 2.30. The smallest absolute Gasteiger partial charge is 0.414 e. The van der Waals surface area contributed by atoms with Crippen LogP contribution in [0, 0.1) is 0 Å². The summed E-state index contributed by atoms with van der Waals surface area (Å²) < 4.78 is 17.5. The topological polar surface area (TPSA) is 158 Å². The van der Waals surface area contributed by atoms with Crippen LogP contribution in [0.4, 0.5) is 27.9 Å². The van der Waals surface area contributed by atoms with E-state index in [1.54, 1.807) is 61.5 Å². The van der Waals surface area contributed by atoms with Gasteiger partial charge in [0.05, 0.1) is 25.6 Å². The molecule has 45 heavy (non-hydrogen) atoms. The fraction of sp³-hybridized carbons (Fsp3) is 0.323. The number of fused-ring (bicyclic) bond motifs is 2. The second-order valence-corrected chi connectivity index (χ2v) is 11.1. The van der Waals surface area contributed by atoms with Crippen molar-refractivity contribution >= 4 is 51.6 Å². The maximum atomic E-state index is 12.6. The van der Waals surface area contributed by atoms with Gasteiger partial charge >= 0.3 is 12.1 Å². The van der Waals surface area contributed by atoms with Gasteiger partial charge in [0.25, 0.3) is 0 Å². The molecule has 0 saturated heterocycles. The van der Waals surface area contributed by atoms with Crippen LogP contribution in [0.1, 0.15) is 33.6 Å². The molecular formula is C31H35N9O5. The molecule has 5 heterocycles. The van der Waals surface area contributed by atoms with Crippen LogP contribution < -0.4 is 20.3 Å². The van der Waals surface area contributed by atoms with E-state index in [1.165, 1.54) is 12.0 Å². The molecule has 5 aromatic heterocycles. The van der Waals surface area contributed by atoms with Crippen molar-refractivity contribution in [1.29, 1.82) is 0 Å². The van der Waals surface area contributed by atoms with Gasteiger partial charge in [-0.3, -0.25) is 9.69 Å². The molecule has 0 bridgehead atoms. The molecule has 1 amide bonds. The van der Waals surface area contributed by atoms with E-state index < -0.39 is 11.7 Å². The lowest BCUT2D eigenvalue weighted by Gasteiger charge is -2.24. The first-order valence-electron chi connectivity index (χ1n) is 14.3. The van der Waals surface area contributed by atoms with Crippen LogP contribution in [0.2, 0.25) is 0 Å². The number of nitrogens with one attached hydrogen (secondary N) is 2. The Kier molecular flexibility index (Phi) is 8.93. The zero-order valence-corrected chi connectivity index (χ0v) is 26.0. The molecule has 5 aromatic rings. The van der Waals surface area contributed by atoms with E-state index >= 15 is 0 Å². The number of nitrogens with zero attached hydrogens (tertiary/aromatic N) is 7. The Balaban J connectivity index is 1.42. The van der Waals surface area contributed by atoms with Gasteiger partial charge in [-0.1, -0.05) is 6.07 Å². The number of rotatable bonds is 10. The molecule has 0 aromatic carbocycles. The van der Waals surface area contributed by atoms with Gasteiger partial charge in [0.15, 0.2) is 11.5 Å². The maximum Gasteiger partial charge on any atom is 0.414 e. The maximum absolute atomic E-state index is 12.6. The monoisotopic (exact) mass is 613 g/mol. The number of methoxy groups -OCH3 is 1. The first kappa shape index (κ1) is 30.9. The van der Waals surface area contributed by atoms with E-state index in [2.05, 4.69) is 30.3 Å². The molecule has 5 rings (SSSR count). The van der Waals surface area contributed by atoms with Gasteiger partial charge in [-0.25, -0.2) is 24.3 Å². The molecule has 2 N–H and O–H groups in total. The normalized spacial score (nSPS) is 11.3. The van der Waals surface area contributed by atoms with Crippen LogP contribution in [0.15, 0.2) is 55.0 Å². The van der Waals surface area contributed by atoms with Crippen molar-refractivity contribution in [2.45, 2.75) is 39.2 Å². The number of carbonyl (C=O) groups is 2. The number of amides is 1. The Labute approximate surface area is 259 Å². The van der Waals surface area contributed by atoms with Crippen molar-refractivity contribution in [1.82, 2.24) is 29.5 Å². The quantitative estimate of drug-likeness (QED) is 0.156. The molecule has 234 valence electrons. The number of ether oxygens (including phenoxy) is 3. The predicted molar refractivity (Wildman–Crippen MR) is 170 cm³/mol. The number of hydrogen-bond donors (Lipinski definition) is 2. The van der Waals surface area contributed by atoms with Crippen LogP contribution in [0.3, 0.4) is 0 Å². The molecule has 0 aliphatic carbocycles. The highest BCUT2D eigenvalue weighted by atomic mass is 16.6. The fourth-order valence-corrected chi connectivity index (χ4v) is 4.39. The number of aromatic nitrogens is 6. The van der Waals surface area contributed by atoms with Crippen LogP contribution in [0.5, 0.6) is 5.88 Å². The highest BCUT2D eigenvalue weighted by Gasteiger charge is 2.21. The molecule has 14 nitrogen and oxygen atoms in total. The minimum absolute atomic E-state index is 0.271. The highest BCUT2D eigenvalue weighted by Crippen LogP contribution is 2.32. The van der Waals surface area contributed by atoms with E-state index in [4.69, 9.17) is 19.6 Å². The Bertz CT molecular complexity index is 1850. The Morgan fingerprint density at radius 1 is 1.02 bits per heavy atom. The molecule has 0 radical (unpaired) electrons. The molecule has 0 atom stereocenters. The van der Waals surface area contributed by atoms with E-state index in [1.807, 2.05) is 32.9 Å². The van der Waals surface area contributed by atoms with Gasteiger partial charge in [-0.15, -0.1) is 5.10 Å². The first-order chi connectivity index (χ1) is 21.5. The zero-order valence-electron chi connectivity index (χ0n) is 26.0. The molecule has 0 spiro atoms. The van der Waals surface area contributed by atoms with Crippen LogP contribution in [-0.2, 0) is 14.3 Å². The molecule has 0 saturated carbocycles. The van der Waals surface area contributed by atoms with Crippen LogP contribution in [-0.4, -0.2) is 75.0 Å². The largest absolute Gasteiger partial charge is 0.478 e. The third-order valence-electron chi connectivity index (χ3n) is 6.60. The van der Waals surface area contributed by atoms with Gasteiger partial charge in [0.1, 0.15) is 23.1 Å². The number of pyridine rings is 4. The van der Waals surface area contributed by atoms with Gasteiger partial charge in [0, 0.05) is 55.3 Å². The summed E-state index contributed by atoms with van der Waals surface area (Å²) >= 11 is 0. The van der Waals surface area contributed by atoms with E-state index in [-0.39, 0.29) is 12.4 Å². The summed E-state index contributed by atoms with van der Waals surface area (Å²) in [6.45, 7) is 5.78. The Morgan fingerprint density at radius 2 is 1.84 bits per heavy atom. The first-order valence-corrected chi connectivity index (χ1v) is 14.3. The van der Waals surface area contributed by atoms with Crippen molar-refractivity contribution in [3.8, 4) is 17.3 Å². The average Bonchev–Trinajstić information content (AvgIpc) is 3.44. The van der Waals surface area contributed by atoms with Crippen LogP contribution in [0.25, 0.3) is 27.8 Å². The molecule has 0 aliphatic rings. The summed E-state index contributed by atoms with van der Waals surface area (Å²) in [6, 6.07) is 10.8. The molecule has 0 fully saturated rings. The van der Waals surface area contributed by atoms with Gasteiger partial charge in [-0.2, -0.15) is 4.98 Å². The summed E-state index contributed by atoms with van der Waals surface area (Å²) in [7, 11) is 4.79. The van der Waals surface area contributed by atoms with E-state index in [0.717, 1.165) is 10.8 Å². The lowest BCUT2D eigenvalue weighted by atomic mass is 10.1. The lowest BCUT2D eigenvalue weighted by molar-refractivity contribution is -0.140. The Hall–Kier alpha value is -5.53. The van der Waals surface area contributed by atoms with Gasteiger partial charge in [0.2, 0.25) is 5.88 Å². The zero-order chi connectivity index (χ0) is 32.1. The highest BCUT2D eigenvalue weighted by molar-refractivity contribution is 6.01. The number of hydrogen-bond acceptors (Lipinski definition) is 12. The van der Waals surface area contributed by atoms with Crippen molar-refractivity contribution in [3.05, 3.63) is 55.0 Å². The molecular weight excluding hydrogens is 578 g/mol. The standard InChI is InChI=1S/C31H35N9O5/c1-31(2,3)45-30(42)39(5)19-12-13-25-37-29(38-40(25)18-19)22-17-34-28(32-4)21-16-33-24(15-20(21)22)35-23-9-7-10-26(36-23)44-14-8-11-27(41)43-6/h7,9-10,12-13,15-18H,8,11,14H2,1-6H3,(H,32,34)(H,33,35,36). The second-order valence-electron chi connectivity index (χ2n) is 11.1. The lowest BCUT2D eigenvalue weighted by Crippen LogP contribution is -2.34. The fourth-order valence-electron chi connectivity index (χ4n) is 4.39.